The molecule has 5 rings (SSSR count). The molecular weight excluding hydrogens is 452 g/mol. The van der Waals surface area contributed by atoms with Crippen molar-refractivity contribution in [1.29, 1.82) is 0 Å². The molecule has 0 radical (unpaired) electrons. The maximum atomic E-state index is 14.2. The van der Waals surface area contributed by atoms with E-state index in [1.807, 2.05) is 0 Å². The van der Waals surface area contributed by atoms with E-state index in [0.717, 1.165) is 6.42 Å². The van der Waals surface area contributed by atoms with Gasteiger partial charge in [-0.3, -0.25) is 14.4 Å². The molecule has 1 heterocycles. The molecule has 1 aliphatic heterocycles. The fourth-order valence-corrected chi connectivity index (χ4v) is 8.99. The second kappa shape index (κ2) is 7.17. The number of fused-ring (bicyclic) bond motifs is 2. The molecule has 0 unspecified atom stereocenters. The van der Waals surface area contributed by atoms with Gasteiger partial charge in [0.15, 0.2) is 11.6 Å². The average molecular weight is 491 g/mol. The van der Waals surface area contributed by atoms with Crippen LogP contribution in [0.2, 0.25) is 0 Å². The SMILES string of the molecule is C=C1C(=O)[C@@]23[C@@H]4[C@@H](OC(C)=O)C[C@]1(O)[C@H]2OC(C)(C)O[C@@H]3C[C@@H]1C(C)(C)CC[C@@H](OC(C)=O)[C@]14C. The minimum absolute atomic E-state index is 0.00538. The van der Waals surface area contributed by atoms with Crippen LogP contribution in [0.5, 0.6) is 0 Å². The third-order valence-electron chi connectivity index (χ3n) is 10.0. The standard InChI is InChI=1S/C27H38O8/c1-13-21(30)27-19-11-17-23(4,5)10-9-18(33-15(3)29)25(17,8)20(27)16(32-14(2)28)12-26(13,31)22(27)35-24(6,7)34-19/h16-20,22,31H,1,9-12H2,2-8H3/t16-,17+,18+,19+,20+,22+,25-,26+,27+/m0/s1. The number of Topliss-reactive ketones (excluding diaryl/α,β-unsaturated/α-hetero) is 1. The fraction of sp³-hybridized carbons (Fsp3) is 0.815. The van der Waals surface area contributed by atoms with Gasteiger partial charge in [-0.05, 0) is 44.4 Å². The highest BCUT2D eigenvalue weighted by Crippen LogP contribution is 2.74. The van der Waals surface area contributed by atoms with E-state index in [-0.39, 0.29) is 35.1 Å². The van der Waals surface area contributed by atoms with Crippen LogP contribution in [-0.2, 0) is 33.3 Å². The maximum absolute atomic E-state index is 14.2. The first-order valence-electron chi connectivity index (χ1n) is 12.7. The summed E-state index contributed by atoms with van der Waals surface area (Å²) in [6.07, 6.45) is -0.777. The number of rotatable bonds is 2. The van der Waals surface area contributed by atoms with Crippen molar-refractivity contribution in [2.75, 3.05) is 0 Å². The highest BCUT2D eigenvalue weighted by molar-refractivity contribution is 6.06. The Bertz CT molecular complexity index is 1010. The van der Waals surface area contributed by atoms with Crippen LogP contribution < -0.4 is 0 Å². The van der Waals surface area contributed by atoms with E-state index in [0.29, 0.717) is 12.8 Å². The molecule has 2 bridgehead atoms. The monoisotopic (exact) mass is 490 g/mol. The molecule has 1 spiro atoms. The van der Waals surface area contributed by atoms with Gasteiger partial charge in [-0.2, -0.15) is 0 Å². The third kappa shape index (κ3) is 2.99. The van der Waals surface area contributed by atoms with Crippen molar-refractivity contribution in [1.82, 2.24) is 0 Å². The van der Waals surface area contributed by atoms with E-state index < -0.39 is 58.5 Å². The van der Waals surface area contributed by atoms with Crippen LogP contribution in [0.15, 0.2) is 12.2 Å². The predicted molar refractivity (Wildman–Crippen MR) is 124 cm³/mol. The lowest BCUT2D eigenvalue weighted by atomic mass is 9.38. The zero-order valence-electron chi connectivity index (χ0n) is 21.8. The number of hydrogen-bond donors (Lipinski definition) is 1. The Hall–Kier alpha value is -1.77. The lowest BCUT2D eigenvalue weighted by molar-refractivity contribution is -0.406. The maximum Gasteiger partial charge on any atom is 0.302 e. The van der Waals surface area contributed by atoms with Gasteiger partial charge >= 0.3 is 11.9 Å². The van der Waals surface area contributed by atoms with Gasteiger partial charge in [0.1, 0.15) is 23.9 Å². The van der Waals surface area contributed by atoms with Crippen molar-refractivity contribution in [3.63, 3.8) is 0 Å². The first kappa shape index (κ1) is 24.9. The van der Waals surface area contributed by atoms with Crippen molar-refractivity contribution in [2.24, 2.45) is 28.1 Å². The summed E-state index contributed by atoms with van der Waals surface area (Å²) in [5, 5.41) is 11.9. The molecular formula is C27H38O8. The Labute approximate surface area is 206 Å². The normalized spacial score (nSPS) is 49.0. The molecule has 8 nitrogen and oxygen atoms in total. The van der Waals surface area contributed by atoms with Crippen LogP contribution in [0.1, 0.15) is 74.1 Å². The van der Waals surface area contributed by atoms with Crippen molar-refractivity contribution in [3.05, 3.63) is 12.2 Å². The lowest BCUT2D eigenvalue weighted by Crippen LogP contribution is -2.78. The largest absolute Gasteiger partial charge is 0.462 e. The van der Waals surface area contributed by atoms with E-state index in [1.54, 1.807) is 13.8 Å². The van der Waals surface area contributed by atoms with Gasteiger partial charge in [0, 0.05) is 37.2 Å². The highest BCUT2D eigenvalue weighted by Gasteiger charge is 2.84. The van der Waals surface area contributed by atoms with Gasteiger partial charge in [-0.25, -0.2) is 0 Å². The number of esters is 2. The minimum atomic E-state index is -1.68. The zero-order valence-corrected chi connectivity index (χ0v) is 21.8. The third-order valence-corrected chi connectivity index (χ3v) is 10.0. The molecule has 5 aliphatic rings. The average Bonchev–Trinajstić information content (AvgIpc) is 2.81. The van der Waals surface area contributed by atoms with Crippen molar-refractivity contribution in [3.8, 4) is 0 Å². The number of carbonyl (C=O) groups is 3. The molecule has 0 aromatic rings. The Morgan fingerprint density at radius 1 is 1.06 bits per heavy atom. The van der Waals surface area contributed by atoms with Crippen molar-refractivity contribution in [2.45, 2.75) is 110 Å². The summed E-state index contributed by atoms with van der Waals surface area (Å²) in [6, 6.07) is 0. The summed E-state index contributed by atoms with van der Waals surface area (Å²) < 4.78 is 24.8. The smallest absolute Gasteiger partial charge is 0.302 e. The second-order valence-electron chi connectivity index (χ2n) is 12.8. The summed E-state index contributed by atoms with van der Waals surface area (Å²) in [5.41, 5.74) is -3.80. The number of carbonyl (C=O) groups excluding carboxylic acids is 3. The molecule has 1 saturated heterocycles. The molecule has 5 fully saturated rings. The van der Waals surface area contributed by atoms with Crippen LogP contribution in [0, 0.1) is 28.1 Å². The number of hydrogen-bond acceptors (Lipinski definition) is 8. The quantitative estimate of drug-likeness (QED) is 0.465. The zero-order chi connectivity index (χ0) is 25.9. The van der Waals surface area contributed by atoms with Crippen molar-refractivity contribution < 1.29 is 38.4 Å². The highest BCUT2D eigenvalue weighted by atomic mass is 16.7. The molecule has 0 aromatic carbocycles. The Morgan fingerprint density at radius 2 is 1.69 bits per heavy atom. The van der Waals surface area contributed by atoms with Crippen LogP contribution in [-0.4, -0.2) is 58.6 Å². The summed E-state index contributed by atoms with van der Waals surface area (Å²) in [5.74, 6) is -2.81. The van der Waals surface area contributed by atoms with Crippen LogP contribution in [0.3, 0.4) is 0 Å². The molecule has 1 N–H and O–H groups in total. The van der Waals surface area contributed by atoms with Crippen LogP contribution >= 0.6 is 0 Å². The Balaban J connectivity index is 1.80. The number of aliphatic hydroxyl groups is 1. The first-order chi connectivity index (χ1) is 16.0. The van der Waals surface area contributed by atoms with E-state index in [2.05, 4.69) is 27.4 Å². The van der Waals surface area contributed by atoms with E-state index in [9.17, 15) is 19.5 Å². The van der Waals surface area contributed by atoms with Gasteiger partial charge in [0.25, 0.3) is 0 Å². The minimum Gasteiger partial charge on any atom is -0.462 e. The van der Waals surface area contributed by atoms with E-state index >= 15 is 0 Å². The predicted octanol–water partition coefficient (Wildman–Crippen LogP) is 3.09. The second-order valence-corrected chi connectivity index (χ2v) is 12.8. The molecule has 9 atom stereocenters. The molecule has 4 aliphatic carbocycles. The lowest BCUT2D eigenvalue weighted by Gasteiger charge is -2.70. The topological polar surface area (TPSA) is 108 Å². The summed E-state index contributed by atoms with van der Waals surface area (Å²) in [6.45, 7) is 16.8. The molecule has 194 valence electrons. The van der Waals surface area contributed by atoms with Gasteiger partial charge in [-0.15, -0.1) is 0 Å². The van der Waals surface area contributed by atoms with E-state index in [4.69, 9.17) is 18.9 Å². The number of ether oxygens (including phenoxy) is 4. The Morgan fingerprint density at radius 3 is 2.29 bits per heavy atom. The van der Waals surface area contributed by atoms with Crippen LogP contribution in [0.4, 0.5) is 0 Å². The van der Waals surface area contributed by atoms with Gasteiger partial charge in [0.2, 0.25) is 0 Å². The molecule has 4 saturated carbocycles. The first-order valence-corrected chi connectivity index (χ1v) is 12.7. The molecule has 0 aromatic heterocycles. The van der Waals surface area contributed by atoms with Gasteiger partial charge < -0.3 is 24.1 Å². The van der Waals surface area contributed by atoms with Gasteiger partial charge in [0.05, 0.1) is 11.5 Å². The summed E-state index contributed by atoms with van der Waals surface area (Å²) in [4.78, 5) is 38.8. The number of ketones is 1. The summed E-state index contributed by atoms with van der Waals surface area (Å²) >= 11 is 0. The van der Waals surface area contributed by atoms with Gasteiger partial charge in [-0.1, -0.05) is 27.4 Å². The van der Waals surface area contributed by atoms with Crippen LogP contribution in [0.25, 0.3) is 0 Å². The summed E-state index contributed by atoms with van der Waals surface area (Å²) in [7, 11) is 0. The fourth-order valence-electron chi connectivity index (χ4n) is 8.99. The van der Waals surface area contributed by atoms with E-state index in [1.165, 1.54) is 13.8 Å². The molecule has 8 heteroatoms. The Kier molecular flexibility index (Phi) is 5.10. The molecule has 35 heavy (non-hydrogen) atoms. The molecule has 0 amide bonds. The van der Waals surface area contributed by atoms with Crippen molar-refractivity contribution >= 4 is 17.7 Å².